The van der Waals surface area contributed by atoms with Crippen LogP contribution in [0, 0.1) is 0 Å². The molecule has 16 heavy (non-hydrogen) atoms. The van der Waals surface area contributed by atoms with Crippen molar-refractivity contribution in [3.63, 3.8) is 0 Å². The van der Waals surface area contributed by atoms with Crippen LogP contribution in [0.1, 0.15) is 26.7 Å². The monoisotopic (exact) mass is 222 g/mol. The van der Waals surface area contributed by atoms with Gasteiger partial charge in [-0.15, -0.1) is 0 Å². The molecule has 2 rings (SSSR count). The highest BCUT2D eigenvalue weighted by atomic mass is 16.2. The van der Waals surface area contributed by atoms with Crippen molar-refractivity contribution in [2.45, 2.75) is 38.8 Å². The lowest BCUT2D eigenvalue weighted by atomic mass is 10.0. The zero-order valence-electron chi connectivity index (χ0n) is 9.81. The molecule has 1 amide bonds. The van der Waals surface area contributed by atoms with Crippen LogP contribution in [0.2, 0.25) is 0 Å². The zero-order chi connectivity index (χ0) is 11.8. The van der Waals surface area contributed by atoms with E-state index in [0.717, 1.165) is 19.4 Å². The van der Waals surface area contributed by atoms with Crippen molar-refractivity contribution >= 4 is 11.7 Å². The molecule has 1 fully saturated rings. The van der Waals surface area contributed by atoms with Crippen LogP contribution >= 0.6 is 0 Å². The Morgan fingerprint density at radius 1 is 1.62 bits per heavy atom. The minimum atomic E-state index is -0.0181. The summed E-state index contributed by atoms with van der Waals surface area (Å²) in [6.45, 7) is 5.34. The van der Waals surface area contributed by atoms with Crippen molar-refractivity contribution in [2.75, 3.05) is 12.3 Å². The summed E-state index contributed by atoms with van der Waals surface area (Å²) in [5.41, 5.74) is 5.49. The van der Waals surface area contributed by atoms with Crippen molar-refractivity contribution in [3.8, 4) is 0 Å². The van der Waals surface area contributed by atoms with E-state index in [0.29, 0.717) is 5.82 Å². The standard InChI is InChI=1S/C11H18N4O/c1-11(2)5-3-6-15(11)10(16)8-14-7-4-9(12)13-14/h4,7H,3,5-6,8H2,1-2H3,(H2,12,13). The van der Waals surface area contributed by atoms with E-state index in [1.54, 1.807) is 16.9 Å². The Labute approximate surface area is 95.2 Å². The second-order valence-electron chi connectivity index (χ2n) is 4.90. The smallest absolute Gasteiger partial charge is 0.244 e. The second kappa shape index (κ2) is 3.81. The predicted octanol–water partition coefficient (Wildman–Crippen LogP) is 0.866. The topological polar surface area (TPSA) is 64.2 Å². The third kappa shape index (κ3) is 2.03. The Balaban J connectivity index is 2.03. The molecule has 0 saturated carbocycles. The summed E-state index contributed by atoms with van der Waals surface area (Å²) in [6.07, 6.45) is 3.89. The first-order valence-corrected chi connectivity index (χ1v) is 5.58. The summed E-state index contributed by atoms with van der Waals surface area (Å²) in [5.74, 6) is 0.569. The molecular weight excluding hydrogens is 204 g/mol. The molecule has 0 spiro atoms. The minimum absolute atomic E-state index is 0.0181. The van der Waals surface area contributed by atoms with E-state index in [4.69, 9.17) is 5.73 Å². The first kappa shape index (κ1) is 11.0. The van der Waals surface area contributed by atoms with Gasteiger partial charge in [0.25, 0.3) is 0 Å². The third-order valence-corrected chi connectivity index (χ3v) is 3.16. The number of nitrogen functional groups attached to an aromatic ring is 1. The van der Waals surface area contributed by atoms with E-state index in [9.17, 15) is 4.79 Å². The quantitative estimate of drug-likeness (QED) is 0.807. The van der Waals surface area contributed by atoms with Crippen LogP contribution in [0.15, 0.2) is 12.3 Å². The van der Waals surface area contributed by atoms with Crippen molar-refractivity contribution in [1.82, 2.24) is 14.7 Å². The second-order valence-corrected chi connectivity index (χ2v) is 4.90. The number of amides is 1. The summed E-state index contributed by atoms with van der Waals surface area (Å²) in [5, 5.41) is 4.02. The van der Waals surface area contributed by atoms with E-state index >= 15 is 0 Å². The summed E-state index contributed by atoms with van der Waals surface area (Å²) in [7, 11) is 0. The van der Waals surface area contributed by atoms with Crippen LogP contribution < -0.4 is 5.73 Å². The van der Waals surface area contributed by atoms with Gasteiger partial charge in [-0.3, -0.25) is 9.48 Å². The molecule has 0 unspecified atom stereocenters. The molecule has 1 aliphatic rings. The maximum absolute atomic E-state index is 12.1. The summed E-state index contributed by atoms with van der Waals surface area (Å²) >= 11 is 0. The molecule has 5 heteroatoms. The van der Waals surface area contributed by atoms with Gasteiger partial charge in [0, 0.05) is 18.3 Å². The maximum atomic E-state index is 12.1. The van der Waals surface area contributed by atoms with E-state index in [1.807, 2.05) is 4.90 Å². The van der Waals surface area contributed by atoms with Crippen LogP contribution in [-0.2, 0) is 11.3 Å². The number of carbonyl (C=O) groups is 1. The third-order valence-electron chi connectivity index (χ3n) is 3.16. The van der Waals surface area contributed by atoms with Gasteiger partial charge in [0.1, 0.15) is 12.4 Å². The normalized spacial score (nSPS) is 19.0. The van der Waals surface area contributed by atoms with Gasteiger partial charge in [0.05, 0.1) is 0 Å². The van der Waals surface area contributed by atoms with E-state index in [2.05, 4.69) is 18.9 Å². The number of anilines is 1. The van der Waals surface area contributed by atoms with Gasteiger partial charge in [-0.05, 0) is 32.8 Å². The number of rotatable bonds is 2. The van der Waals surface area contributed by atoms with E-state index < -0.39 is 0 Å². The average Bonchev–Trinajstić information content (AvgIpc) is 2.72. The summed E-state index contributed by atoms with van der Waals surface area (Å²) in [4.78, 5) is 14.0. The molecule has 0 bridgehead atoms. The van der Waals surface area contributed by atoms with Crippen LogP contribution in [0.25, 0.3) is 0 Å². The lowest BCUT2D eigenvalue weighted by Gasteiger charge is -2.31. The fraction of sp³-hybridized carbons (Fsp3) is 0.636. The molecule has 0 atom stereocenters. The number of nitrogens with zero attached hydrogens (tertiary/aromatic N) is 3. The molecule has 1 aromatic heterocycles. The molecule has 2 N–H and O–H groups in total. The number of likely N-dealkylation sites (tertiary alicyclic amines) is 1. The van der Waals surface area contributed by atoms with Gasteiger partial charge in [-0.2, -0.15) is 5.10 Å². The molecule has 2 heterocycles. The zero-order valence-corrected chi connectivity index (χ0v) is 9.81. The van der Waals surface area contributed by atoms with Crippen LogP contribution in [0.4, 0.5) is 5.82 Å². The number of aromatic nitrogens is 2. The molecule has 0 radical (unpaired) electrons. The van der Waals surface area contributed by atoms with Gasteiger partial charge >= 0.3 is 0 Å². The molecule has 1 aromatic rings. The van der Waals surface area contributed by atoms with Gasteiger partial charge < -0.3 is 10.6 Å². The molecule has 1 saturated heterocycles. The molecule has 0 aromatic carbocycles. The van der Waals surface area contributed by atoms with E-state index in [1.165, 1.54) is 0 Å². The van der Waals surface area contributed by atoms with Gasteiger partial charge in [0.15, 0.2) is 0 Å². The molecule has 0 aliphatic carbocycles. The fourth-order valence-corrected chi connectivity index (χ4v) is 2.26. The Bertz CT molecular complexity index is 396. The SMILES string of the molecule is CC1(C)CCCN1C(=O)Cn1ccc(N)n1. The lowest BCUT2D eigenvalue weighted by molar-refractivity contribution is -0.135. The number of nitrogens with two attached hydrogens (primary N) is 1. The highest BCUT2D eigenvalue weighted by Crippen LogP contribution is 2.28. The highest BCUT2D eigenvalue weighted by Gasteiger charge is 2.35. The minimum Gasteiger partial charge on any atom is -0.382 e. The molecule has 1 aliphatic heterocycles. The summed E-state index contributed by atoms with van der Waals surface area (Å²) in [6, 6.07) is 1.70. The van der Waals surface area contributed by atoms with Gasteiger partial charge in [-0.1, -0.05) is 0 Å². The van der Waals surface area contributed by atoms with Crippen molar-refractivity contribution in [2.24, 2.45) is 0 Å². The predicted molar refractivity (Wildman–Crippen MR) is 61.7 cm³/mol. The largest absolute Gasteiger partial charge is 0.382 e. The van der Waals surface area contributed by atoms with Crippen molar-refractivity contribution in [3.05, 3.63) is 12.3 Å². The average molecular weight is 222 g/mol. The van der Waals surface area contributed by atoms with E-state index in [-0.39, 0.29) is 18.0 Å². The van der Waals surface area contributed by atoms with Crippen molar-refractivity contribution in [1.29, 1.82) is 0 Å². The van der Waals surface area contributed by atoms with Crippen LogP contribution in [0.3, 0.4) is 0 Å². The Kier molecular flexibility index (Phi) is 2.61. The van der Waals surface area contributed by atoms with Gasteiger partial charge in [0.2, 0.25) is 5.91 Å². The first-order chi connectivity index (χ1) is 7.49. The summed E-state index contributed by atoms with van der Waals surface area (Å²) < 4.78 is 1.59. The van der Waals surface area contributed by atoms with Crippen LogP contribution in [0.5, 0.6) is 0 Å². The molecule has 88 valence electrons. The van der Waals surface area contributed by atoms with Gasteiger partial charge in [-0.25, -0.2) is 0 Å². The lowest BCUT2D eigenvalue weighted by Crippen LogP contribution is -2.44. The van der Waals surface area contributed by atoms with Crippen molar-refractivity contribution < 1.29 is 4.79 Å². The van der Waals surface area contributed by atoms with Crippen LogP contribution in [-0.4, -0.2) is 32.7 Å². The number of hydrogen-bond acceptors (Lipinski definition) is 3. The Morgan fingerprint density at radius 2 is 2.38 bits per heavy atom. The number of carbonyl (C=O) groups excluding carboxylic acids is 1. The number of hydrogen-bond donors (Lipinski definition) is 1. The highest BCUT2D eigenvalue weighted by molar-refractivity contribution is 5.77. The Morgan fingerprint density at radius 3 is 2.88 bits per heavy atom. The fourth-order valence-electron chi connectivity index (χ4n) is 2.26. The maximum Gasteiger partial charge on any atom is 0.244 e. The molecular formula is C11H18N4O. The Hall–Kier alpha value is -1.52. The molecule has 5 nitrogen and oxygen atoms in total. The first-order valence-electron chi connectivity index (χ1n) is 5.58.